The zero-order chi connectivity index (χ0) is 11.5. The van der Waals surface area contributed by atoms with Crippen molar-refractivity contribution < 1.29 is 4.74 Å². The van der Waals surface area contributed by atoms with Crippen molar-refractivity contribution >= 4 is 0 Å². The molecule has 0 aromatic carbocycles. The predicted octanol–water partition coefficient (Wildman–Crippen LogP) is 1.54. The number of rotatable bonds is 4. The lowest BCUT2D eigenvalue weighted by Crippen LogP contribution is -2.33. The third kappa shape index (κ3) is 2.28. The molecule has 1 aliphatic rings. The van der Waals surface area contributed by atoms with Crippen LogP contribution in [0, 0.1) is 0 Å². The van der Waals surface area contributed by atoms with Gasteiger partial charge in [0.15, 0.2) is 0 Å². The van der Waals surface area contributed by atoms with Crippen molar-refractivity contribution in [1.29, 1.82) is 0 Å². The summed E-state index contributed by atoms with van der Waals surface area (Å²) in [7, 11) is 1.76. The Kier molecular flexibility index (Phi) is 3.61. The summed E-state index contributed by atoms with van der Waals surface area (Å²) in [4.78, 5) is 2.44. The van der Waals surface area contributed by atoms with Gasteiger partial charge in [-0.3, -0.25) is 10.00 Å². The fourth-order valence-electron chi connectivity index (χ4n) is 2.26. The first-order valence-electron chi connectivity index (χ1n) is 5.99. The highest BCUT2D eigenvalue weighted by Crippen LogP contribution is 2.25. The molecule has 0 aliphatic carbocycles. The van der Waals surface area contributed by atoms with E-state index in [-0.39, 0.29) is 0 Å². The average molecular weight is 223 g/mol. The second-order valence-corrected chi connectivity index (χ2v) is 4.74. The molecule has 0 atom stereocenters. The maximum absolute atomic E-state index is 5.13. The summed E-state index contributed by atoms with van der Waals surface area (Å²) >= 11 is 0. The van der Waals surface area contributed by atoms with Gasteiger partial charge in [-0.15, -0.1) is 0 Å². The molecule has 0 saturated heterocycles. The van der Waals surface area contributed by atoms with Crippen molar-refractivity contribution in [3.05, 3.63) is 17.0 Å². The Morgan fingerprint density at radius 1 is 1.50 bits per heavy atom. The molecule has 0 spiro atoms. The Morgan fingerprint density at radius 2 is 2.31 bits per heavy atom. The molecular weight excluding hydrogens is 202 g/mol. The average Bonchev–Trinajstić information content (AvgIpc) is 2.69. The van der Waals surface area contributed by atoms with Crippen molar-refractivity contribution in [3.8, 4) is 0 Å². The number of hydrogen-bond acceptors (Lipinski definition) is 3. The van der Waals surface area contributed by atoms with E-state index < -0.39 is 0 Å². The zero-order valence-electron chi connectivity index (χ0n) is 10.4. The van der Waals surface area contributed by atoms with E-state index in [4.69, 9.17) is 4.74 Å². The van der Waals surface area contributed by atoms with E-state index in [1.54, 1.807) is 7.11 Å². The molecule has 2 heterocycles. The molecule has 16 heavy (non-hydrogen) atoms. The maximum atomic E-state index is 5.13. The molecule has 1 aliphatic heterocycles. The SMILES string of the molecule is COCCN1CCc2[nH]nc(C(C)C)c2C1. The lowest BCUT2D eigenvalue weighted by Gasteiger charge is -2.26. The third-order valence-corrected chi connectivity index (χ3v) is 3.20. The molecule has 0 fully saturated rings. The highest BCUT2D eigenvalue weighted by atomic mass is 16.5. The molecule has 90 valence electrons. The van der Waals surface area contributed by atoms with Gasteiger partial charge in [0.05, 0.1) is 12.3 Å². The summed E-state index contributed by atoms with van der Waals surface area (Å²) in [5.74, 6) is 0.502. The minimum absolute atomic E-state index is 0.502. The number of ether oxygens (including phenoxy) is 1. The van der Waals surface area contributed by atoms with Crippen LogP contribution in [0.15, 0.2) is 0 Å². The number of aromatic nitrogens is 2. The first-order valence-corrected chi connectivity index (χ1v) is 5.99. The minimum Gasteiger partial charge on any atom is -0.383 e. The fraction of sp³-hybridized carbons (Fsp3) is 0.750. The normalized spacial score (nSPS) is 16.8. The van der Waals surface area contributed by atoms with Crippen LogP contribution < -0.4 is 0 Å². The van der Waals surface area contributed by atoms with Crippen LogP contribution in [0.5, 0.6) is 0 Å². The van der Waals surface area contributed by atoms with E-state index >= 15 is 0 Å². The summed E-state index contributed by atoms with van der Waals surface area (Å²) in [5, 5.41) is 7.61. The van der Waals surface area contributed by atoms with Gasteiger partial charge < -0.3 is 4.74 Å². The molecule has 0 amide bonds. The Morgan fingerprint density at radius 3 is 3.00 bits per heavy atom. The number of hydrogen-bond donors (Lipinski definition) is 1. The van der Waals surface area contributed by atoms with Gasteiger partial charge in [-0.25, -0.2) is 0 Å². The molecule has 4 nitrogen and oxygen atoms in total. The molecule has 2 rings (SSSR count). The van der Waals surface area contributed by atoms with Crippen LogP contribution in [-0.4, -0.2) is 41.9 Å². The third-order valence-electron chi connectivity index (χ3n) is 3.20. The Balaban J connectivity index is 2.08. The molecule has 0 unspecified atom stereocenters. The minimum atomic E-state index is 0.502. The topological polar surface area (TPSA) is 41.1 Å². The smallest absolute Gasteiger partial charge is 0.0695 e. The molecule has 4 heteroatoms. The van der Waals surface area contributed by atoms with Crippen LogP contribution in [-0.2, 0) is 17.7 Å². The van der Waals surface area contributed by atoms with Gasteiger partial charge in [-0.05, 0) is 5.92 Å². The van der Waals surface area contributed by atoms with Gasteiger partial charge >= 0.3 is 0 Å². The van der Waals surface area contributed by atoms with E-state index in [1.165, 1.54) is 17.0 Å². The molecule has 1 aromatic heterocycles. The second kappa shape index (κ2) is 4.97. The van der Waals surface area contributed by atoms with Gasteiger partial charge in [0.1, 0.15) is 0 Å². The largest absolute Gasteiger partial charge is 0.383 e. The Labute approximate surface area is 97.0 Å². The molecule has 0 bridgehead atoms. The Bertz CT molecular complexity index is 346. The predicted molar refractivity (Wildman–Crippen MR) is 63.5 cm³/mol. The van der Waals surface area contributed by atoms with Crippen LogP contribution >= 0.6 is 0 Å². The number of aromatic amines is 1. The second-order valence-electron chi connectivity index (χ2n) is 4.74. The molecule has 1 aromatic rings. The van der Waals surface area contributed by atoms with Gasteiger partial charge in [-0.2, -0.15) is 5.10 Å². The number of nitrogens with one attached hydrogen (secondary N) is 1. The lowest BCUT2D eigenvalue weighted by molar-refractivity contribution is 0.140. The summed E-state index contributed by atoms with van der Waals surface area (Å²) in [6.45, 7) is 8.34. The fourth-order valence-corrected chi connectivity index (χ4v) is 2.26. The standard InChI is InChI=1S/C12H21N3O/c1-9(2)12-10-8-15(6-7-16-3)5-4-11(10)13-14-12/h9H,4-8H2,1-3H3,(H,13,14). The maximum Gasteiger partial charge on any atom is 0.0695 e. The monoisotopic (exact) mass is 223 g/mol. The molecule has 0 radical (unpaired) electrons. The van der Waals surface area contributed by atoms with Gasteiger partial charge in [0.2, 0.25) is 0 Å². The van der Waals surface area contributed by atoms with Crippen molar-refractivity contribution in [2.24, 2.45) is 0 Å². The van der Waals surface area contributed by atoms with E-state index in [1.807, 2.05) is 0 Å². The lowest BCUT2D eigenvalue weighted by atomic mass is 9.99. The summed E-state index contributed by atoms with van der Waals surface area (Å²) < 4.78 is 5.13. The van der Waals surface area contributed by atoms with Crippen LogP contribution in [0.2, 0.25) is 0 Å². The Hall–Kier alpha value is -0.870. The molecule has 1 N–H and O–H groups in total. The van der Waals surface area contributed by atoms with Crippen LogP contribution in [0.4, 0.5) is 0 Å². The van der Waals surface area contributed by atoms with Gasteiger partial charge in [0.25, 0.3) is 0 Å². The summed E-state index contributed by atoms with van der Waals surface area (Å²) in [6, 6.07) is 0. The first kappa shape index (κ1) is 11.6. The quantitative estimate of drug-likeness (QED) is 0.841. The van der Waals surface area contributed by atoms with Crippen LogP contribution in [0.1, 0.15) is 36.7 Å². The summed E-state index contributed by atoms with van der Waals surface area (Å²) in [5.41, 5.74) is 3.98. The zero-order valence-corrected chi connectivity index (χ0v) is 10.4. The molecular formula is C12H21N3O. The van der Waals surface area contributed by atoms with E-state index in [9.17, 15) is 0 Å². The number of H-pyrrole nitrogens is 1. The van der Waals surface area contributed by atoms with Crippen LogP contribution in [0.25, 0.3) is 0 Å². The van der Waals surface area contributed by atoms with Gasteiger partial charge in [-0.1, -0.05) is 13.8 Å². The highest BCUT2D eigenvalue weighted by Gasteiger charge is 2.22. The number of nitrogens with zero attached hydrogens (tertiary/aromatic N) is 2. The summed E-state index contributed by atoms with van der Waals surface area (Å²) in [6.07, 6.45) is 1.08. The van der Waals surface area contributed by atoms with Crippen molar-refractivity contribution in [2.45, 2.75) is 32.7 Å². The number of fused-ring (bicyclic) bond motifs is 1. The molecule has 0 saturated carbocycles. The van der Waals surface area contributed by atoms with E-state index in [0.717, 1.165) is 32.7 Å². The number of methoxy groups -OCH3 is 1. The van der Waals surface area contributed by atoms with E-state index in [2.05, 4.69) is 28.9 Å². The van der Waals surface area contributed by atoms with Crippen LogP contribution in [0.3, 0.4) is 0 Å². The highest BCUT2D eigenvalue weighted by molar-refractivity contribution is 5.29. The van der Waals surface area contributed by atoms with Crippen molar-refractivity contribution in [2.75, 3.05) is 26.8 Å². The van der Waals surface area contributed by atoms with Crippen molar-refractivity contribution in [3.63, 3.8) is 0 Å². The van der Waals surface area contributed by atoms with Gasteiger partial charge in [0, 0.05) is 44.4 Å². The van der Waals surface area contributed by atoms with E-state index in [0.29, 0.717) is 5.92 Å². The first-order chi connectivity index (χ1) is 7.72. The van der Waals surface area contributed by atoms with Crippen molar-refractivity contribution in [1.82, 2.24) is 15.1 Å².